The van der Waals surface area contributed by atoms with Crippen LogP contribution in [0.5, 0.6) is 0 Å². The van der Waals surface area contributed by atoms with Crippen molar-refractivity contribution < 1.29 is 14.7 Å². The van der Waals surface area contributed by atoms with Crippen molar-refractivity contribution in [3.05, 3.63) is 78.5 Å². The lowest BCUT2D eigenvalue weighted by Gasteiger charge is -2.09. The predicted molar refractivity (Wildman–Crippen MR) is 144 cm³/mol. The van der Waals surface area contributed by atoms with Crippen LogP contribution in [0.3, 0.4) is 0 Å². The van der Waals surface area contributed by atoms with E-state index in [1.54, 1.807) is 30.5 Å². The highest BCUT2D eigenvalue weighted by atomic mass is 16.3. The number of nitrogens with one attached hydrogen (secondary N) is 3. The summed E-state index contributed by atoms with van der Waals surface area (Å²) in [7, 11) is 0. The van der Waals surface area contributed by atoms with Crippen LogP contribution >= 0.6 is 0 Å². The van der Waals surface area contributed by atoms with E-state index in [1.165, 1.54) is 0 Å². The Morgan fingerprint density at radius 1 is 0.917 bits per heavy atom. The first-order valence-electron chi connectivity index (χ1n) is 12.3. The fourth-order valence-electron chi connectivity index (χ4n) is 3.74. The van der Waals surface area contributed by atoms with Crippen LogP contribution in [0.25, 0.3) is 16.6 Å². The van der Waals surface area contributed by atoms with Crippen LogP contribution in [0.2, 0.25) is 0 Å². The van der Waals surface area contributed by atoms with Gasteiger partial charge < -0.3 is 21.1 Å². The summed E-state index contributed by atoms with van der Waals surface area (Å²) in [6.07, 6.45) is 3.71. The molecule has 1 aliphatic carbocycles. The van der Waals surface area contributed by atoms with Gasteiger partial charge in [0.1, 0.15) is 0 Å². The number of fused-ring (bicyclic) bond motifs is 1. The van der Waals surface area contributed by atoms with Gasteiger partial charge in [0.15, 0.2) is 0 Å². The van der Waals surface area contributed by atoms with Gasteiger partial charge in [-0.05, 0) is 79.6 Å². The Morgan fingerprint density at radius 3 is 2.25 bits per heavy atom. The molecule has 3 aromatic carbocycles. The molecule has 0 bridgehead atoms. The summed E-state index contributed by atoms with van der Waals surface area (Å²) in [5.41, 5.74) is 4.63. The number of rotatable bonds is 8. The number of aliphatic hydroxyl groups is 1. The molecule has 5 rings (SSSR count). The van der Waals surface area contributed by atoms with Gasteiger partial charge in [0, 0.05) is 40.5 Å². The first-order chi connectivity index (χ1) is 17.6. The van der Waals surface area contributed by atoms with Gasteiger partial charge >= 0.3 is 0 Å². The summed E-state index contributed by atoms with van der Waals surface area (Å²) < 4.78 is 1.82. The summed E-state index contributed by atoms with van der Waals surface area (Å²) in [5.74, 6) is 0.0446. The molecule has 4 N–H and O–H groups in total. The zero-order valence-corrected chi connectivity index (χ0v) is 20.5. The van der Waals surface area contributed by atoms with Crippen LogP contribution in [0, 0.1) is 5.92 Å². The molecular formula is C28H31N5O3. The maximum Gasteiger partial charge on any atom is 0.255 e. The number of nitrogens with zero attached hydrogens (tertiary/aromatic N) is 2. The molecule has 1 heterocycles. The van der Waals surface area contributed by atoms with Crippen molar-refractivity contribution in [2.45, 2.75) is 26.7 Å². The van der Waals surface area contributed by atoms with Gasteiger partial charge in [0.05, 0.1) is 24.0 Å². The first-order valence-corrected chi connectivity index (χ1v) is 12.3. The molecule has 1 fully saturated rings. The Hall–Kier alpha value is -4.17. The normalized spacial score (nSPS) is 12.4. The van der Waals surface area contributed by atoms with Crippen LogP contribution in [0.4, 0.5) is 17.1 Å². The molecule has 1 aromatic heterocycles. The summed E-state index contributed by atoms with van der Waals surface area (Å²) >= 11 is 0. The SMILES string of the molecule is CC.O=C(Nc1ccc2c(cnn2-c2ccc(NC(=O)C3CC3)cc2)c1)c1ccc(NCCO)cc1. The van der Waals surface area contributed by atoms with Crippen molar-refractivity contribution in [1.29, 1.82) is 0 Å². The van der Waals surface area contributed by atoms with Gasteiger partial charge in [-0.3, -0.25) is 9.59 Å². The molecular weight excluding hydrogens is 454 g/mol. The topological polar surface area (TPSA) is 108 Å². The Kier molecular flexibility index (Phi) is 7.97. The molecule has 0 aliphatic heterocycles. The lowest BCUT2D eigenvalue weighted by atomic mass is 10.1. The standard InChI is InChI=1S/C26H25N5O3.C2H6/c32-14-13-27-20-5-3-18(4-6-20)26(34)30-22-9-12-24-19(15-22)16-28-31(24)23-10-7-21(8-11-23)29-25(33)17-1-2-17;1-2/h3-12,15-17,27,32H,1-2,13-14H2,(H,29,33)(H,30,34);1-2H3. The molecule has 36 heavy (non-hydrogen) atoms. The van der Waals surface area contributed by atoms with E-state index in [-0.39, 0.29) is 24.3 Å². The van der Waals surface area contributed by atoms with Crippen molar-refractivity contribution in [1.82, 2.24) is 9.78 Å². The number of carbonyl (C=O) groups excluding carboxylic acids is 2. The quantitative estimate of drug-likeness (QED) is 0.279. The molecule has 186 valence electrons. The highest BCUT2D eigenvalue weighted by Gasteiger charge is 2.29. The van der Waals surface area contributed by atoms with Crippen molar-refractivity contribution in [2.75, 3.05) is 29.1 Å². The minimum absolute atomic E-state index is 0.0468. The van der Waals surface area contributed by atoms with Gasteiger partial charge in [-0.25, -0.2) is 4.68 Å². The van der Waals surface area contributed by atoms with E-state index in [1.807, 2.05) is 61.0 Å². The number of hydrogen-bond acceptors (Lipinski definition) is 5. The number of aromatic nitrogens is 2. The van der Waals surface area contributed by atoms with E-state index < -0.39 is 0 Å². The molecule has 8 heteroatoms. The number of amides is 2. The zero-order valence-electron chi connectivity index (χ0n) is 20.5. The molecule has 1 aliphatic rings. The van der Waals surface area contributed by atoms with Gasteiger partial charge in [-0.1, -0.05) is 13.8 Å². The summed E-state index contributed by atoms with van der Waals surface area (Å²) in [6.45, 7) is 4.51. The molecule has 0 radical (unpaired) electrons. The third-order valence-electron chi connectivity index (χ3n) is 5.74. The molecule has 1 saturated carbocycles. The van der Waals surface area contributed by atoms with Crippen molar-refractivity contribution in [2.24, 2.45) is 5.92 Å². The number of benzene rings is 3. The van der Waals surface area contributed by atoms with E-state index in [0.29, 0.717) is 17.8 Å². The average Bonchev–Trinajstić information content (AvgIpc) is 3.69. The fraction of sp³-hybridized carbons (Fsp3) is 0.250. The van der Waals surface area contributed by atoms with Crippen LogP contribution < -0.4 is 16.0 Å². The molecule has 4 aromatic rings. The van der Waals surface area contributed by atoms with Crippen LogP contribution in [-0.2, 0) is 4.79 Å². The van der Waals surface area contributed by atoms with Crippen LogP contribution in [-0.4, -0.2) is 39.9 Å². The summed E-state index contributed by atoms with van der Waals surface area (Å²) in [6, 6.07) is 20.3. The highest BCUT2D eigenvalue weighted by molar-refractivity contribution is 6.05. The second kappa shape index (κ2) is 11.5. The average molecular weight is 486 g/mol. The van der Waals surface area contributed by atoms with Crippen LogP contribution in [0.15, 0.2) is 72.9 Å². The second-order valence-electron chi connectivity index (χ2n) is 8.32. The van der Waals surface area contributed by atoms with E-state index >= 15 is 0 Å². The Bertz CT molecular complexity index is 1330. The number of anilines is 3. The lowest BCUT2D eigenvalue weighted by Crippen LogP contribution is -2.13. The van der Waals surface area contributed by atoms with E-state index in [0.717, 1.165) is 40.8 Å². The third kappa shape index (κ3) is 5.90. The Labute approximate surface area is 210 Å². The smallest absolute Gasteiger partial charge is 0.255 e. The minimum atomic E-state index is -0.204. The number of aliphatic hydroxyl groups excluding tert-OH is 1. The molecule has 0 saturated heterocycles. The summed E-state index contributed by atoms with van der Waals surface area (Å²) in [5, 5.41) is 23.2. The van der Waals surface area contributed by atoms with Gasteiger partial charge in [0.2, 0.25) is 5.91 Å². The van der Waals surface area contributed by atoms with E-state index in [2.05, 4.69) is 21.0 Å². The lowest BCUT2D eigenvalue weighted by molar-refractivity contribution is -0.117. The number of carbonyl (C=O) groups is 2. The highest BCUT2D eigenvalue weighted by Crippen LogP contribution is 2.30. The summed E-state index contributed by atoms with van der Waals surface area (Å²) in [4.78, 5) is 24.6. The number of hydrogen-bond donors (Lipinski definition) is 4. The Balaban J connectivity index is 0.00000148. The van der Waals surface area contributed by atoms with Gasteiger partial charge in [-0.15, -0.1) is 0 Å². The van der Waals surface area contributed by atoms with E-state index in [4.69, 9.17) is 5.11 Å². The molecule has 0 atom stereocenters. The molecule has 2 amide bonds. The molecule has 0 unspecified atom stereocenters. The van der Waals surface area contributed by atoms with Crippen LogP contribution in [0.1, 0.15) is 37.0 Å². The zero-order chi connectivity index (χ0) is 25.5. The van der Waals surface area contributed by atoms with Crippen molar-refractivity contribution >= 4 is 39.8 Å². The minimum Gasteiger partial charge on any atom is -0.395 e. The first kappa shape index (κ1) is 24.9. The maximum atomic E-state index is 12.6. The van der Waals surface area contributed by atoms with E-state index in [9.17, 15) is 9.59 Å². The van der Waals surface area contributed by atoms with Crippen molar-refractivity contribution in [3.63, 3.8) is 0 Å². The third-order valence-corrected chi connectivity index (χ3v) is 5.74. The molecule has 0 spiro atoms. The maximum absolute atomic E-state index is 12.6. The van der Waals surface area contributed by atoms with Crippen molar-refractivity contribution in [3.8, 4) is 5.69 Å². The largest absolute Gasteiger partial charge is 0.395 e. The molecule has 8 nitrogen and oxygen atoms in total. The van der Waals surface area contributed by atoms with Gasteiger partial charge in [-0.2, -0.15) is 5.10 Å². The second-order valence-corrected chi connectivity index (χ2v) is 8.32. The Morgan fingerprint density at radius 2 is 1.58 bits per heavy atom. The monoisotopic (exact) mass is 485 g/mol. The predicted octanol–water partition coefficient (Wildman–Crippen LogP) is 5.06. The van der Waals surface area contributed by atoms with Gasteiger partial charge in [0.25, 0.3) is 5.91 Å². The fourth-order valence-corrected chi connectivity index (χ4v) is 3.74.